The number of carbonyl (C=O) groups is 4. The largest absolute Gasteiger partial charge is 0.453 e. The van der Waals surface area contributed by atoms with Crippen molar-refractivity contribution in [3.63, 3.8) is 0 Å². The first-order valence-corrected chi connectivity index (χ1v) is 19.0. The molecule has 3 aliphatic rings. The van der Waals surface area contributed by atoms with Gasteiger partial charge in [-0.05, 0) is 71.6 Å². The van der Waals surface area contributed by atoms with Gasteiger partial charge in [-0.1, -0.05) is 62.4 Å². The van der Waals surface area contributed by atoms with Crippen molar-refractivity contribution in [2.75, 3.05) is 25.7 Å². The van der Waals surface area contributed by atoms with E-state index >= 15 is 0 Å². The van der Waals surface area contributed by atoms with Crippen molar-refractivity contribution in [1.82, 2.24) is 30.2 Å². The number of nitrogens with one attached hydrogen (secondary N) is 3. The number of hydrogen-bond donors (Lipinski definition) is 3. The number of rotatable bonds is 8. The van der Waals surface area contributed by atoms with Gasteiger partial charge in [0.1, 0.15) is 17.7 Å². The lowest BCUT2D eigenvalue weighted by molar-refractivity contribution is -0.135. The Kier molecular flexibility index (Phi) is 9.87. The number of nitrogens with zero attached hydrogens (tertiary/aromatic N) is 5. The monoisotopic (exact) mass is 756 g/mol. The molecule has 0 aliphatic carbocycles. The maximum atomic E-state index is 14.0. The number of hydrogen-bond acceptors (Lipinski definition) is 8. The van der Waals surface area contributed by atoms with E-state index in [0.29, 0.717) is 31.6 Å². The molecule has 56 heavy (non-hydrogen) atoms. The van der Waals surface area contributed by atoms with E-state index in [-0.39, 0.29) is 29.8 Å². The number of aromatic nitrogens is 4. The summed E-state index contributed by atoms with van der Waals surface area (Å²) in [7, 11) is 2.55. The summed E-state index contributed by atoms with van der Waals surface area (Å²) in [6.45, 7) is 4.38. The third kappa shape index (κ3) is 6.80. The summed E-state index contributed by atoms with van der Waals surface area (Å²) < 4.78 is 9.43. The van der Waals surface area contributed by atoms with Crippen LogP contribution in [0.15, 0.2) is 71.9 Å². The van der Waals surface area contributed by atoms with E-state index in [1.54, 1.807) is 6.20 Å². The molecule has 0 bridgehead atoms. The first kappa shape index (κ1) is 36.7. The number of anilines is 1. The minimum absolute atomic E-state index is 0.114. The Morgan fingerprint density at radius 2 is 1.70 bits per heavy atom. The number of aliphatic imine (C=N–C) groups is 1. The number of para-hydroxylation sites is 1. The predicted molar refractivity (Wildman–Crippen MR) is 210 cm³/mol. The fourth-order valence-electron chi connectivity index (χ4n) is 8.27. The predicted octanol–water partition coefficient (Wildman–Crippen LogP) is 6.69. The molecule has 4 atom stereocenters. The third-order valence-electron chi connectivity index (χ3n) is 11.2. The van der Waals surface area contributed by atoms with Crippen LogP contribution in [0.2, 0.25) is 0 Å². The van der Waals surface area contributed by atoms with Gasteiger partial charge < -0.3 is 34.6 Å². The molecule has 1 saturated heterocycles. The molecule has 4 amide bonds. The number of benzene rings is 3. The third-order valence-corrected chi connectivity index (χ3v) is 11.2. The Morgan fingerprint density at radius 3 is 2.46 bits per heavy atom. The van der Waals surface area contributed by atoms with Gasteiger partial charge in [0.25, 0.3) is 0 Å². The van der Waals surface area contributed by atoms with Crippen molar-refractivity contribution in [3.05, 3.63) is 89.6 Å². The second kappa shape index (κ2) is 15.1. The number of imidazole rings is 2. The van der Waals surface area contributed by atoms with Gasteiger partial charge in [-0.15, -0.1) is 0 Å². The molecule has 0 spiro atoms. The second-order valence-corrected chi connectivity index (χ2v) is 14.9. The fraction of sp³-hybridized carbons (Fsp3) is 0.357. The molecular weight excluding hydrogens is 713 g/mol. The van der Waals surface area contributed by atoms with E-state index in [0.717, 1.165) is 68.9 Å². The van der Waals surface area contributed by atoms with Crippen LogP contribution in [0.25, 0.3) is 33.4 Å². The molecule has 3 aliphatic heterocycles. The quantitative estimate of drug-likeness (QED) is 0.147. The van der Waals surface area contributed by atoms with Gasteiger partial charge in [0, 0.05) is 19.2 Å². The number of ether oxygens (including phenoxy) is 2. The average Bonchev–Trinajstić information content (AvgIpc) is 4.03. The SMILES string of the molecule is COC(=O)N=CC1CCc2cccc3c2N(C1=O)[C@H](c1ncc(-c2ccc(-c4ccc5nc([C@@H]6CCCN6C(=O)[C@@H](NC(=O)OC)C(C)C)[nH]c5c4)cc2)[nH]1)C3. The van der Waals surface area contributed by atoms with Crippen LogP contribution in [0, 0.1) is 11.8 Å². The van der Waals surface area contributed by atoms with Crippen molar-refractivity contribution in [2.24, 2.45) is 16.8 Å². The zero-order valence-corrected chi connectivity index (χ0v) is 31.7. The van der Waals surface area contributed by atoms with E-state index in [4.69, 9.17) is 14.7 Å². The highest BCUT2D eigenvalue weighted by Crippen LogP contribution is 2.45. The minimum Gasteiger partial charge on any atom is -0.453 e. The van der Waals surface area contributed by atoms with Gasteiger partial charge in [-0.25, -0.2) is 19.6 Å². The molecule has 0 saturated carbocycles. The molecule has 2 aromatic heterocycles. The summed E-state index contributed by atoms with van der Waals surface area (Å²) in [5.41, 5.74) is 8.62. The molecular formula is C42H44N8O6. The highest BCUT2D eigenvalue weighted by molar-refractivity contribution is 6.07. The van der Waals surface area contributed by atoms with E-state index < -0.39 is 24.1 Å². The molecule has 5 heterocycles. The summed E-state index contributed by atoms with van der Waals surface area (Å²) in [5, 5.41) is 2.70. The van der Waals surface area contributed by atoms with Gasteiger partial charge in [0.2, 0.25) is 11.8 Å². The lowest BCUT2D eigenvalue weighted by Crippen LogP contribution is -2.51. The number of methoxy groups -OCH3 is 2. The van der Waals surface area contributed by atoms with Crippen molar-refractivity contribution in [2.45, 2.75) is 64.1 Å². The molecule has 3 aromatic carbocycles. The minimum atomic E-state index is -0.732. The van der Waals surface area contributed by atoms with Crippen LogP contribution in [-0.4, -0.2) is 81.9 Å². The van der Waals surface area contributed by atoms with Gasteiger partial charge >= 0.3 is 12.2 Å². The standard InChI is InChI=1S/C42H44N8O6/c1-23(2)35(48-42(54)56-4)40(52)49-18-6-9-33(49)38-45-30-17-16-27(19-31(30)46-38)24-10-12-25(13-11-24)32-22-43-37(47-32)34-20-28-8-5-7-26-14-15-29(21-44-41(53)55-3)39(51)50(34)36(26)28/h5,7-8,10-13,16-17,19,21-23,29,33-35H,6,9,14-15,18,20H2,1-4H3,(H,43,47)(H,45,46)(H,48,54)/t29?,33-,34-,35-/m0/s1. The molecule has 3 N–H and O–H groups in total. The fourth-order valence-corrected chi connectivity index (χ4v) is 8.27. The first-order valence-electron chi connectivity index (χ1n) is 19.0. The molecule has 14 nitrogen and oxygen atoms in total. The van der Waals surface area contributed by atoms with Gasteiger partial charge in [0.15, 0.2) is 0 Å². The van der Waals surface area contributed by atoms with Crippen molar-refractivity contribution in [3.8, 4) is 22.4 Å². The van der Waals surface area contributed by atoms with Crippen LogP contribution in [0.4, 0.5) is 15.3 Å². The van der Waals surface area contributed by atoms with Gasteiger partial charge in [-0.2, -0.15) is 4.99 Å². The number of likely N-dealkylation sites (tertiary alicyclic amines) is 1. The first-order chi connectivity index (χ1) is 27.1. The Balaban J connectivity index is 0.998. The topological polar surface area (TPSA) is 175 Å². The van der Waals surface area contributed by atoms with E-state index in [2.05, 4.69) is 55.3 Å². The highest BCUT2D eigenvalue weighted by atomic mass is 16.5. The summed E-state index contributed by atoms with van der Waals surface area (Å²) in [4.78, 5) is 75.5. The summed E-state index contributed by atoms with van der Waals surface area (Å²) in [6.07, 6.45) is 5.32. The highest BCUT2D eigenvalue weighted by Gasteiger charge is 2.42. The zero-order chi connectivity index (χ0) is 39.1. The van der Waals surface area contributed by atoms with Crippen LogP contribution in [0.5, 0.6) is 0 Å². The van der Waals surface area contributed by atoms with E-state index in [1.165, 1.54) is 20.4 Å². The number of aryl methyl sites for hydroxylation is 1. The van der Waals surface area contributed by atoms with Crippen LogP contribution in [0.3, 0.4) is 0 Å². The number of alkyl carbamates (subject to hydrolysis) is 1. The van der Waals surface area contributed by atoms with Crippen molar-refractivity contribution in [1.29, 1.82) is 0 Å². The van der Waals surface area contributed by atoms with Crippen LogP contribution < -0.4 is 10.2 Å². The molecule has 8 rings (SSSR count). The Hall–Kier alpha value is -6.31. The molecule has 1 unspecified atom stereocenters. The number of fused-ring (bicyclic) bond motifs is 1. The average molecular weight is 757 g/mol. The van der Waals surface area contributed by atoms with Gasteiger partial charge in [-0.3, -0.25) is 9.59 Å². The summed E-state index contributed by atoms with van der Waals surface area (Å²) >= 11 is 0. The Labute approximate surface area is 323 Å². The van der Waals surface area contributed by atoms with Crippen molar-refractivity contribution >= 4 is 46.9 Å². The number of aromatic amines is 2. The smallest absolute Gasteiger partial charge is 0.432 e. The molecule has 1 fully saturated rings. The Bertz CT molecular complexity index is 2350. The summed E-state index contributed by atoms with van der Waals surface area (Å²) in [5.74, 6) is 0.473. The maximum Gasteiger partial charge on any atom is 0.432 e. The van der Waals surface area contributed by atoms with Crippen molar-refractivity contribution < 1.29 is 28.7 Å². The molecule has 0 radical (unpaired) electrons. The van der Waals surface area contributed by atoms with E-state index in [9.17, 15) is 19.2 Å². The second-order valence-electron chi connectivity index (χ2n) is 14.9. The van der Waals surface area contributed by atoms with Gasteiger partial charge in [0.05, 0.1) is 60.8 Å². The normalized spacial score (nSPS) is 19.7. The number of carbonyl (C=O) groups excluding carboxylic acids is 4. The summed E-state index contributed by atoms with van der Waals surface area (Å²) in [6, 6.07) is 19.2. The van der Waals surface area contributed by atoms with Crippen LogP contribution in [0.1, 0.15) is 68.0 Å². The van der Waals surface area contributed by atoms with E-state index in [1.807, 2.05) is 54.0 Å². The molecule has 288 valence electrons. The lowest BCUT2D eigenvalue weighted by atomic mass is 9.98. The number of H-pyrrole nitrogens is 2. The van der Waals surface area contributed by atoms with Crippen LogP contribution >= 0.6 is 0 Å². The molecule has 14 heteroatoms. The maximum absolute atomic E-state index is 14.0. The lowest BCUT2D eigenvalue weighted by Gasteiger charge is -2.29. The zero-order valence-electron chi connectivity index (χ0n) is 31.7. The Morgan fingerprint density at radius 1 is 0.929 bits per heavy atom. The van der Waals surface area contributed by atoms with Crippen LogP contribution in [-0.2, 0) is 31.9 Å². The molecule has 5 aromatic rings. The number of amides is 4.